The number of aliphatic hydroxyl groups is 1. The van der Waals surface area contributed by atoms with Crippen LogP contribution in [-0.2, 0) is 5.60 Å². The molecule has 0 saturated heterocycles. The van der Waals surface area contributed by atoms with Gasteiger partial charge < -0.3 is 14.8 Å². The van der Waals surface area contributed by atoms with Gasteiger partial charge in [-0.25, -0.2) is 14.6 Å². The number of amides is 1. The van der Waals surface area contributed by atoms with Crippen LogP contribution in [0.2, 0.25) is 0 Å². The first-order valence-corrected chi connectivity index (χ1v) is 6.92. The van der Waals surface area contributed by atoms with E-state index >= 15 is 0 Å². The normalized spacial score (nSPS) is 13.5. The van der Waals surface area contributed by atoms with Gasteiger partial charge in [-0.05, 0) is 31.2 Å². The SMILES string of the molecule is CC(O)(CNC(=O)c1ccnc(-n2cncn2)c1)c1ccco1. The number of nitrogens with one attached hydrogen (secondary N) is 1. The highest BCUT2D eigenvalue weighted by atomic mass is 16.4. The average Bonchev–Trinajstić information content (AvgIpc) is 3.25. The molecule has 0 saturated carbocycles. The quantitative estimate of drug-likeness (QED) is 0.724. The highest BCUT2D eigenvalue weighted by molar-refractivity contribution is 5.94. The van der Waals surface area contributed by atoms with Crippen molar-refractivity contribution in [1.29, 1.82) is 0 Å². The van der Waals surface area contributed by atoms with Crippen molar-refractivity contribution in [3.63, 3.8) is 0 Å². The number of furan rings is 1. The molecule has 2 N–H and O–H groups in total. The molecule has 1 atom stereocenters. The molecule has 8 heteroatoms. The Labute approximate surface area is 131 Å². The zero-order valence-corrected chi connectivity index (χ0v) is 12.4. The summed E-state index contributed by atoms with van der Waals surface area (Å²) >= 11 is 0. The third kappa shape index (κ3) is 3.27. The first kappa shape index (κ1) is 14.9. The van der Waals surface area contributed by atoms with Crippen LogP contribution in [0.3, 0.4) is 0 Å². The predicted molar refractivity (Wildman–Crippen MR) is 79.8 cm³/mol. The number of aromatic nitrogens is 4. The van der Waals surface area contributed by atoms with Crippen LogP contribution in [0.1, 0.15) is 23.0 Å². The monoisotopic (exact) mass is 313 g/mol. The molecule has 1 unspecified atom stereocenters. The molecule has 1 amide bonds. The van der Waals surface area contributed by atoms with E-state index in [1.807, 2.05) is 0 Å². The second-order valence-corrected chi connectivity index (χ2v) is 5.18. The molecule has 3 aromatic rings. The van der Waals surface area contributed by atoms with E-state index in [1.165, 1.54) is 29.8 Å². The summed E-state index contributed by atoms with van der Waals surface area (Å²) in [5.41, 5.74) is -0.887. The topological polar surface area (TPSA) is 106 Å². The standard InChI is InChI=1S/C15H15N5O3/c1-15(22,12-3-2-6-23-12)8-18-14(21)11-4-5-17-13(7-11)20-10-16-9-19-20/h2-7,9-10,22H,8H2,1H3,(H,18,21). The zero-order chi connectivity index (χ0) is 16.3. The van der Waals surface area contributed by atoms with Crippen molar-refractivity contribution in [2.75, 3.05) is 6.54 Å². The zero-order valence-electron chi connectivity index (χ0n) is 12.4. The van der Waals surface area contributed by atoms with Gasteiger partial charge in [-0.1, -0.05) is 0 Å². The lowest BCUT2D eigenvalue weighted by atomic mass is 10.0. The van der Waals surface area contributed by atoms with Crippen molar-refractivity contribution in [2.24, 2.45) is 0 Å². The van der Waals surface area contributed by atoms with Gasteiger partial charge in [-0.3, -0.25) is 4.79 Å². The summed E-state index contributed by atoms with van der Waals surface area (Å²) in [6.07, 6.45) is 5.86. The molecule has 0 aliphatic carbocycles. The number of pyridine rings is 1. The molecular formula is C15H15N5O3. The summed E-state index contributed by atoms with van der Waals surface area (Å²) in [5.74, 6) is 0.532. The van der Waals surface area contributed by atoms with Gasteiger partial charge in [0.25, 0.3) is 5.91 Å². The minimum absolute atomic E-state index is 0.0142. The fraction of sp³-hybridized carbons (Fsp3) is 0.200. The molecule has 0 aliphatic rings. The van der Waals surface area contributed by atoms with E-state index in [0.29, 0.717) is 17.1 Å². The van der Waals surface area contributed by atoms with Crippen molar-refractivity contribution >= 4 is 5.91 Å². The van der Waals surface area contributed by atoms with Crippen LogP contribution < -0.4 is 5.32 Å². The Morgan fingerprint density at radius 3 is 3.04 bits per heavy atom. The van der Waals surface area contributed by atoms with Crippen molar-refractivity contribution in [1.82, 2.24) is 25.1 Å². The van der Waals surface area contributed by atoms with Gasteiger partial charge in [0.15, 0.2) is 5.82 Å². The first-order chi connectivity index (χ1) is 11.1. The summed E-state index contributed by atoms with van der Waals surface area (Å²) in [7, 11) is 0. The molecule has 23 heavy (non-hydrogen) atoms. The summed E-state index contributed by atoms with van der Waals surface area (Å²) in [6, 6.07) is 6.50. The Morgan fingerprint density at radius 1 is 1.48 bits per heavy atom. The molecule has 118 valence electrons. The molecule has 0 spiro atoms. The van der Waals surface area contributed by atoms with Crippen LogP contribution >= 0.6 is 0 Å². The Hall–Kier alpha value is -3.00. The molecule has 0 aromatic carbocycles. The van der Waals surface area contributed by atoms with Crippen LogP contribution in [0.4, 0.5) is 0 Å². The number of carbonyl (C=O) groups excluding carboxylic acids is 1. The molecule has 3 aromatic heterocycles. The Morgan fingerprint density at radius 2 is 2.35 bits per heavy atom. The van der Waals surface area contributed by atoms with Gasteiger partial charge in [0.1, 0.15) is 24.0 Å². The minimum Gasteiger partial charge on any atom is -0.466 e. The van der Waals surface area contributed by atoms with E-state index in [0.717, 1.165) is 0 Å². The Kier molecular flexibility index (Phi) is 3.90. The average molecular weight is 313 g/mol. The fourth-order valence-corrected chi connectivity index (χ4v) is 2.04. The number of nitrogens with zero attached hydrogens (tertiary/aromatic N) is 4. The molecular weight excluding hydrogens is 298 g/mol. The lowest BCUT2D eigenvalue weighted by molar-refractivity contribution is 0.0330. The van der Waals surface area contributed by atoms with Gasteiger partial charge in [-0.15, -0.1) is 0 Å². The first-order valence-electron chi connectivity index (χ1n) is 6.92. The molecule has 0 radical (unpaired) electrons. The van der Waals surface area contributed by atoms with Crippen LogP contribution in [0.5, 0.6) is 0 Å². The van der Waals surface area contributed by atoms with Gasteiger partial charge in [0.2, 0.25) is 0 Å². The van der Waals surface area contributed by atoms with Gasteiger partial charge >= 0.3 is 0 Å². The Bertz CT molecular complexity index is 781. The highest BCUT2D eigenvalue weighted by Crippen LogP contribution is 2.20. The molecule has 0 aliphatic heterocycles. The van der Waals surface area contributed by atoms with Crippen LogP contribution in [0.15, 0.2) is 53.8 Å². The third-order valence-electron chi connectivity index (χ3n) is 3.31. The van der Waals surface area contributed by atoms with Crippen molar-refractivity contribution < 1.29 is 14.3 Å². The maximum Gasteiger partial charge on any atom is 0.251 e. The smallest absolute Gasteiger partial charge is 0.251 e. The maximum absolute atomic E-state index is 12.3. The lowest BCUT2D eigenvalue weighted by Gasteiger charge is -2.21. The molecule has 0 bridgehead atoms. The van der Waals surface area contributed by atoms with Crippen LogP contribution in [0.25, 0.3) is 5.82 Å². The number of hydrogen-bond donors (Lipinski definition) is 2. The third-order valence-corrected chi connectivity index (χ3v) is 3.31. The van der Waals surface area contributed by atoms with Crippen molar-refractivity contribution in [3.8, 4) is 5.82 Å². The van der Waals surface area contributed by atoms with E-state index in [4.69, 9.17) is 4.42 Å². The van der Waals surface area contributed by atoms with Crippen LogP contribution in [-0.4, -0.2) is 37.3 Å². The van der Waals surface area contributed by atoms with Gasteiger partial charge in [0, 0.05) is 11.8 Å². The molecule has 3 heterocycles. The van der Waals surface area contributed by atoms with E-state index in [9.17, 15) is 9.90 Å². The van der Waals surface area contributed by atoms with Gasteiger partial charge in [-0.2, -0.15) is 5.10 Å². The molecule has 0 fully saturated rings. The summed E-state index contributed by atoms with van der Waals surface area (Å²) in [5, 5.41) is 17.0. The van der Waals surface area contributed by atoms with Crippen LogP contribution in [0, 0.1) is 0 Å². The second-order valence-electron chi connectivity index (χ2n) is 5.18. The van der Waals surface area contributed by atoms with E-state index in [1.54, 1.807) is 31.2 Å². The van der Waals surface area contributed by atoms with E-state index < -0.39 is 5.60 Å². The van der Waals surface area contributed by atoms with Crippen molar-refractivity contribution in [3.05, 3.63) is 60.7 Å². The number of hydrogen-bond acceptors (Lipinski definition) is 6. The van der Waals surface area contributed by atoms with E-state index in [2.05, 4.69) is 20.4 Å². The largest absolute Gasteiger partial charge is 0.466 e. The summed E-state index contributed by atoms with van der Waals surface area (Å²) in [6.45, 7) is 1.58. The molecule has 8 nitrogen and oxygen atoms in total. The maximum atomic E-state index is 12.3. The van der Waals surface area contributed by atoms with E-state index in [-0.39, 0.29) is 12.5 Å². The minimum atomic E-state index is -1.29. The number of rotatable bonds is 5. The lowest BCUT2D eigenvalue weighted by Crippen LogP contribution is -2.38. The van der Waals surface area contributed by atoms with Crippen molar-refractivity contribution in [2.45, 2.75) is 12.5 Å². The summed E-state index contributed by atoms with van der Waals surface area (Å²) < 4.78 is 6.63. The predicted octanol–water partition coefficient (Wildman–Crippen LogP) is 0.893. The Balaban J connectivity index is 1.70. The van der Waals surface area contributed by atoms with Gasteiger partial charge in [0.05, 0.1) is 12.8 Å². The summed E-state index contributed by atoms with van der Waals surface area (Å²) in [4.78, 5) is 20.2. The fourth-order valence-electron chi connectivity index (χ4n) is 2.04. The highest BCUT2D eigenvalue weighted by Gasteiger charge is 2.27. The number of carbonyl (C=O) groups is 1. The second kappa shape index (κ2) is 6.01. The molecule has 3 rings (SSSR count).